The fourth-order valence-electron chi connectivity index (χ4n) is 3.33. The molecule has 0 saturated heterocycles. The maximum absolute atomic E-state index is 10.5. The van der Waals surface area contributed by atoms with Crippen molar-refractivity contribution in [3.63, 3.8) is 0 Å². The van der Waals surface area contributed by atoms with E-state index in [2.05, 4.69) is 72.9 Å². The lowest BCUT2D eigenvalue weighted by atomic mass is 9.88. The highest BCUT2D eigenvalue weighted by Crippen LogP contribution is 2.34. The van der Waals surface area contributed by atoms with E-state index in [1.807, 2.05) is 24.3 Å². The van der Waals surface area contributed by atoms with Gasteiger partial charge in [-0.05, 0) is 46.4 Å². The number of hydrogen-bond donors (Lipinski definition) is 2. The quantitative estimate of drug-likeness (QED) is 0.385. The topological polar surface area (TPSA) is 58.6 Å². The number of rotatable bonds is 8. The summed E-state index contributed by atoms with van der Waals surface area (Å²) in [6.45, 7) is 2.72. The van der Waals surface area contributed by atoms with E-state index in [1.54, 1.807) is 0 Å². The predicted octanol–water partition coefficient (Wildman–Crippen LogP) is 5.70. The van der Waals surface area contributed by atoms with E-state index in [9.17, 15) is 4.79 Å². The number of carboxylic acid groups (broad SMARTS) is 1. The molecule has 0 saturated carbocycles. The van der Waals surface area contributed by atoms with E-state index in [1.165, 1.54) is 22.3 Å². The highest BCUT2D eigenvalue weighted by atomic mass is 16.5. The molecule has 0 bridgehead atoms. The number of amides is 1. The smallest absolute Gasteiger partial charge is 0.404 e. The number of nitrogens with one attached hydrogen (secondary N) is 1. The second kappa shape index (κ2) is 10.1. The molecule has 0 radical (unpaired) electrons. The minimum absolute atomic E-state index is 0.250. The normalized spacial score (nSPS) is 11.5. The summed E-state index contributed by atoms with van der Waals surface area (Å²) >= 11 is 0. The van der Waals surface area contributed by atoms with E-state index in [-0.39, 0.29) is 13.2 Å². The van der Waals surface area contributed by atoms with Crippen LogP contribution in [0.4, 0.5) is 4.79 Å². The van der Waals surface area contributed by atoms with Gasteiger partial charge in [0.05, 0.1) is 6.54 Å². The van der Waals surface area contributed by atoms with Gasteiger partial charge in [-0.2, -0.15) is 0 Å². The molecule has 148 valence electrons. The summed E-state index contributed by atoms with van der Waals surface area (Å²) in [5.41, 5.74) is 6.00. The van der Waals surface area contributed by atoms with E-state index >= 15 is 0 Å². The molecule has 0 aliphatic carbocycles. The molecule has 3 aromatic carbocycles. The monoisotopic (exact) mass is 387 g/mol. The first-order valence-electron chi connectivity index (χ1n) is 9.73. The van der Waals surface area contributed by atoms with E-state index < -0.39 is 6.09 Å². The fraction of sp³-hybridized carbons (Fsp3) is 0.160. The standard InChI is InChI=1S/C25H25NO3/c1-2-23(19-9-5-3-6-10-19)24(20-11-7-4-8-12-20)21-13-15-22(16-14-21)29-18-17-26-25(27)28/h3-16,26H,2,17-18H2,1H3,(H,27,28). The van der Waals surface area contributed by atoms with Crippen molar-refractivity contribution >= 4 is 17.2 Å². The lowest BCUT2D eigenvalue weighted by Gasteiger charge is -2.17. The first-order chi connectivity index (χ1) is 14.2. The minimum Gasteiger partial charge on any atom is -0.492 e. The van der Waals surface area contributed by atoms with Gasteiger partial charge in [0.2, 0.25) is 0 Å². The van der Waals surface area contributed by atoms with Gasteiger partial charge in [-0.3, -0.25) is 0 Å². The summed E-state index contributed by atoms with van der Waals surface area (Å²) < 4.78 is 5.63. The first kappa shape index (κ1) is 20.2. The third kappa shape index (κ3) is 5.48. The van der Waals surface area contributed by atoms with Crippen LogP contribution >= 0.6 is 0 Å². The van der Waals surface area contributed by atoms with Crippen LogP contribution in [0.1, 0.15) is 30.0 Å². The van der Waals surface area contributed by atoms with Gasteiger partial charge in [0.1, 0.15) is 12.4 Å². The number of ether oxygens (including phenoxy) is 1. The zero-order valence-electron chi connectivity index (χ0n) is 16.5. The van der Waals surface area contributed by atoms with E-state index in [0.717, 1.165) is 12.0 Å². The summed E-state index contributed by atoms with van der Waals surface area (Å²) in [5.74, 6) is 0.714. The van der Waals surface area contributed by atoms with Crippen LogP contribution < -0.4 is 10.1 Å². The molecule has 0 fully saturated rings. The molecule has 1 amide bonds. The molecule has 4 nitrogen and oxygen atoms in total. The molecule has 0 unspecified atom stereocenters. The maximum atomic E-state index is 10.5. The van der Waals surface area contributed by atoms with Gasteiger partial charge in [0.15, 0.2) is 0 Å². The molecule has 4 heteroatoms. The molecular weight excluding hydrogens is 362 g/mol. The Kier molecular flexibility index (Phi) is 7.06. The van der Waals surface area contributed by atoms with E-state index in [4.69, 9.17) is 9.84 Å². The van der Waals surface area contributed by atoms with Crippen molar-refractivity contribution in [2.75, 3.05) is 13.2 Å². The second-order valence-corrected chi connectivity index (χ2v) is 6.54. The summed E-state index contributed by atoms with van der Waals surface area (Å²) in [7, 11) is 0. The third-order valence-corrected chi connectivity index (χ3v) is 4.63. The Hall–Kier alpha value is -3.53. The van der Waals surface area contributed by atoms with Crippen molar-refractivity contribution in [3.05, 3.63) is 102 Å². The zero-order chi connectivity index (χ0) is 20.5. The van der Waals surface area contributed by atoms with Gasteiger partial charge in [-0.25, -0.2) is 4.79 Å². The zero-order valence-corrected chi connectivity index (χ0v) is 16.5. The van der Waals surface area contributed by atoms with Crippen molar-refractivity contribution in [2.24, 2.45) is 0 Å². The molecular formula is C25H25NO3. The summed E-state index contributed by atoms with van der Waals surface area (Å²) in [4.78, 5) is 10.5. The molecule has 3 aromatic rings. The SMILES string of the molecule is CCC(=C(c1ccccc1)c1ccc(OCCNC(=O)O)cc1)c1ccccc1. The third-order valence-electron chi connectivity index (χ3n) is 4.63. The number of allylic oxidation sites excluding steroid dienone is 1. The fourth-order valence-corrected chi connectivity index (χ4v) is 3.33. The summed E-state index contributed by atoms with van der Waals surface area (Å²) in [6.07, 6.45) is -0.137. The van der Waals surface area contributed by atoms with Crippen LogP contribution in [0.15, 0.2) is 84.9 Å². The van der Waals surface area contributed by atoms with Gasteiger partial charge < -0.3 is 15.2 Å². The highest BCUT2D eigenvalue weighted by molar-refractivity contribution is 5.98. The molecule has 0 atom stereocenters. The summed E-state index contributed by atoms with van der Waals surface area (Å²) in [5, 5.41) is 10.9. The van der Waals surface area contributed by atoms with Crippen LogP contribution in [0, 0.1) is 0 Å². The largest absolute Gasteiger partial charge is 0.492 e. The van der Waals surface area contributed by atoms with Gasteiger partial charge in [-0.1, -0.05) is 79.7 Å². The van der Waals surface area contributed by atoms with E-state index in [0.29, 0.717) is 5.75 Å². The van der Waals surface area contributed by atoms with Crippen LogP contribution in [0.3, 0.4) is 0 Å². The van der Waals surface area contributed by atoms with Crippen LogP contribution in [0.2, 0.25) is 0 Å². The average Bonchev–Trinajstić information content (AvgIpc) is 2.76. The van der Waals surface area contributed by atoms with Crippen LogP contribution in [0.25, 0.3) is 11.1 Å². The maximum Gasteiger partial charge on any atom is 0.404 e. The Balaban J connectivity index is 1.93. The Labute approximate surface area is 171 Å². The highest BCUT2D eigenvalue weighted by Gasteiger charge is 2.13. The Morgan fingerprint density at radius 3 is 1.93 bits per heavy atom. The van der Waals surface area contributed by atoms with Gasteiger partial charge in [0, 0.05) is 0 Å². The van der Waals surface area contributed by atoms with Crippen molar-refractivity contribution in [2.45, 2.75) is 13.3 Å². The number of carbonyl (C=O) groups is 1. The summed E-state index contributed by atoms with van der Waals surface area (Å²) in [6, 6.07) is 28.8. The van der Waals surface area contributed by atoms with Crippen molar-refractivity contribution in [3.8, 4) is 5.75 Å². The molecule has 29 heavy (non-hydrogen) atoms. The van der Waals surface area contributed by atoms with Crippen LogP contribution in [-0.4, -0.2) is 24.4 Å². The van der Waals surface area contributed by atoms with Crippen molar-refractivity contribution in [1.29, 1.82) is 0 Å². The Bertz CT molecular complexity index is 948. The van der Waals surface area contributed by atoms with Gasteiger partial charge >= 0.3 is 6.09 Å². The predicted molar refractivity (Wildman–Crippen MR) is 117 cm³/mol. The molecule has 0 aliphatic heterocycles. The number of benzene rings is 3. The molecule has 0 spiro atoms. The second-order valence-electron chi connectivity index (χ2n) is 6.54. The van der Waals surface area contributed by atoms with Crippen molar-refractivity contribution < 1.29 is 14.6 Å². The average molecular weight is 387 g/mol. The Morgan fingerprint density at radius 2 is 1.38 bits per heavy atom. The molecule has 0 aliphatic rings. The Morgan fingerprint density at radius 1 is 0.828 bits per heavy atom. The first-order valence-corrected chi connectivity index (χ1v) is 9.73. The molecule has 0 heterocycles. The van der Waals surface area contributed by atoms with Crippen LogP contribution in [-0.2, 0) is 0 Å². The number of hydrogen-bond acceptors (Lipinski definition) is 2. The molecule has 2 N–H and O–H groups in total. The molecule has 0 aromatic heterocycles. The minimum atomic E-state index is -1.05. The van der Waals surface area contributed by atoms with Crippen molar-refractivity contribution in [1.82, 2.24) is 5.32 Å². The van der Waals surface area contributed by atoms with Crippen LogP contribution in [0.5, 0.6) is 5.75 Å². The lowest BCUT2D eigenvalue weighted by Crippen LogP contribution is -2.26. The van der Waals surface area contributed by atoms with Gasteiger partial charge in [0.25, 0.3) is 0 Å². The van der Waals surface area contributed by atoms with Gasteiger partial charge in [-0.15, -0.1) is 0 Å². The molecule has 3 rings (SSSR count). The lowest BCUT2D eigenvalue weighted by molar-refractivity contribution is 0.191.